The second-order valence-corrected chi connectivity index (χ2v) is 4.18. The van der Waals surface area contributed by atoms with Crippen molar-refractivity contribution in [2.45, 2.75) is 32.2 Å². The molecule has 0 saturated carbocycles. The third kappa shape index (κ3) is 3.49. The monoisotopic (exact) mass is 243 g/mol. The number of nitrogens with two attached hydrogens (primary N) is 1. The van der Waals surface area contributed by atoms with E-state index in [1.165, 1.54) is 12.1 Å². The van der Waals surface area contributed by atoms with Gasteiger partial charge >= 0.3 is 5.97 Å². The van der Waals surface area contributed by atoms with Crippen molar-refractivity contribution in [2.75, 3.05) is 0 Å². The second kappa shape index (κ2) is 4.79. The van der Waals surface area contributed by atoms with Gasteiger partial charge in [0.25, 0.3) is 5.92 Å². The molecule has 0 aliphatic carbocycles. The van der Waals surface area contributed by atoms with E-state index >= 15 is 0 Å². The molecule has 3 nitrogen and oxygen atoms in total. The standard InChI is InChI=1S/C12H15F2NO2/c1-7-3-4-9(12(2,13)14)8(5-7)10(15)6-11(16)17/h3-5,10H,6,15H2,1-2H3,(H,16,17). The summed E-state index contributed by atoms with van der Waals surface area (Å²) in [5, 5.41) is 8.64. The van der Waals surface area contributed by atoms with Crippen LogP contribution < -0.4 is 5.73 Å². The van der Waals surface area contributed by atoms with Crippen LogP contribution in [0.15, 0.2) is 18.2 Å². The second-order valence-electron chi connectivity index (χ2n) is 4.18. The molecule has 0 fully saturated rings. The lowest BCUT2D eigenvalue weighted by atomic mass is 9.93. The highest BCUT2D eigenvalue weighted by Crippen LogP contribution is 2.33. The molecule has 0 aliphatic rings. The Kier molecular flexibility index (Phi) is 3.83. The smallest absolute Gasteiger partial charge is 0.305 e. The molecule has 3 N–H and O–H groups in total. The van der Waals surface area contributed by atoms with E-state index in [9.17, 15) is 13.6 Å². The Morgan fingerprint density at radius 3 is 2.59 bits per heavy atom. The van der Waals surface area contributed by atoms with Crippen molar-refractivity contribution in [2.24, 2.45) is 5.73 Å². The molecule has 1 aromatic carbocycles. The van der Waals surface area contributed by atoms with E-state index in [2.05, 4.69) is 0 Å². The molecule has 1 aromatic rings. The lowest BCUT2D eigenvalue weighted by Gasteiger charge is -2.20. The van der Waals surface area contributed by atoms with Crippen LogP contribution in [0, 0.1) is 6.92 Å². The fourth-order valence-corrected chi connectivity index (χ4v) is 1.69. The Morgan fingerprint density at radius 2 is 2.12 bits per heavy atom. The Labute approximate surface area is 98.2 Å². The minimum absolute atomic E-state index is 0.194. The number of hydrogen-bond donors (Lipinski definition) is 2. The van der Waals surface area contributed by atoms with Crippen LogP contribution in [0.4, 0.5) is 8.78 Å². The van der Waals surface area contributed by atoms with Crippen molar-refractivity contribution in [3.8, 4) is 0 Å². The van der Waals surface area contributed by atoms with Gasteiger partial charge in [-0.1, -0.05) is 23.8 Å². The van der Waals surface area contributed by atoms with Crippen LogP contribution in [0.3, 0.4) is 0 Å². The van der Waals surface area contributed by atoms with Gasteiger partial charge in [0.05, 0.1) is 6.42 Å². The molecule has 0 spiro atoms. The summed E-state index contributed by atoms with van der Waals surface area (Å²) in [4.78, 5) is 10.6. The maximum atomic E-state index is 13.3. The zero-order chi connectivity index (χ0) is 13.2. The lowest BCUT2D eigenvalue weighted by Crippen LogP contribution is -2.20. The van der Waals surface area contributed by atoms with Gasteiger partial charge in [-0.2, -0.15) is 0 Å². The predicted molar refractivity (Wildman–Crippen MR) is 59.9 cm³/mol. The van der Waals surface area contributed by atoms with E-state index in [0.717, 1.165) is 12.5 Å². The molecule has 1 rings (SSSR count). The average Bonchev–Trinajstić information content (AvgIpc) is 2.14. The van der Waals surface area contributed by atoms with Gasteiger partial charge in [-0.05, 0) is 12.5 Å². The first kappa shape index (κ1) is 13.6. The number of hydrogen-bond acceptors (Lipinski definition) is 2. The van der Waals surface area contributed by atoms with Gasteiger partial charge in [0.2, 0.25) is 0 Å². The van der Waals surface area contributed by atoms with Gasteiger partial charge in [-0.25, -0.2) is 8.78 Å². The van der Waals surface area contributed by atoms with Crippen molar-refractivity contribution in [1.29, 1.82) is 0 Å². The van der Waals surface area contributed by atoms with Gasteiger partial charge in [0.15, 0.2) is 0 Å². The number of benzene rings is 1. The lowest BCUT2D eigenvalue weighted by molar-refractivity contribution is -0.137. The minimum Gasteiger partial charge on any atom is -0.481 e. The summed E-state index contributed by atoms with van der Waals surface area (Å²) in [6.45, 7) is 2.52. The molecule has 94 valence electrons. The molecule has 5 heteroatoms. The van der Waals surface area contributed by atoms with Gasteiger partial charge in [0.1, 0.15) is 0 Å². The largest absolute Gasteiger partial charge is 0.481 e. The molecule has 1 unspecified atom stereocenters. The first-order valence-electron chi connectivity index (χ1n) is 5.18. The third-order valence-electron chi connectivity index (χ3n) is 2.47. The summed E-state index contributed by atoms with van der Waals surface area (Å²) in [6.07, 6.45) is -0.369. The molecule has 1 atom stereocenters. The molecule has 0 aromatic heterocycles. The van der Waals surface area contributed by atoms with E-state index < -0.39 is 17.9 Å². The van der Waals surface area contributed by atoms with Gasteiger partial charge < -0.3 is 10.8 Å². The van der Waals surface area contributed by atoms with Gasteiger partial charge in [-0.15, -0.1) is 0 Å². The number of halogens is 2. The van der Waals surface area contributed by atoms with E-state index in [-0.39, 0.29) is 17.5 Å². The summed E-state index contributed by atoms with van der Waals surface area (Å²) in [6, 6.07) is 3.45. The number of rotatable bonds is 4. The molecule has 0 bridgehead atoms. The Balaban J connectivity index is 3.20. The number of alkyl halides is 2. The zero-order valence-electron chi connectivity index (χ0n) is 9.71. The fourth-order valence-electron chi connectivity index (χ4n) is 1.69. The van der Waals surface area contributed by atoms with Crippen molar-refractivity contribution < 1.29 is 18.7 Å². The molecule has 0 aliphatic heterocycles. The summed E-state index contributed by atoms with van der Waals surface area (Å²) in [7, 11) is 0. The van der Waals surface area contributed by atoms with Crippen LogP contribution in [-0.4, -0.2) is 11.1 Å². The van der Waals surface area contributed by atoms with Crippen LogP contribution in [0.2, 0.25) is 0 Å². The first-order valence-corrected chi connectivity index (χ1v) is 5.18. The highest BCUT2D eigenvalue weighted by molar-refractivity contribution is 5.68. The van der Waals surface area contributed by atoms with Crippen LogP contribution in [0.5, 0.6) is 0 Å². The third-order valence-corrected chi connectivity index (χ3v) is 2.47. The van der Waals surface area contributed by atoms with Crippen LogP contribution in [-0.2, 0) is 10.7 Å². The van der Waals surface area contributed by atoms with E-state index in [4.69, 9.17) is 10.8 Å². The van der Waals surface area contributed by atoms with E-state index in [1.54, 1.807) is 13.0 Å². The van der Waals surface area contributed by atoms with Crippen molar-refractivity contribution >= 4 is 5.97 Å². The van der Waals surface area contributed by atoms with Crippen LogP contribution in [0.25, 0.3) is 0 Å². The van der Waals surface area contributed by atoms with Crippen molar-refractivity contribution in [3.05, 3.63) is 34.9 Å². The summed E-state index contributed by atoms with van der Waals surface area (Å²) in [5.41, 5.74) is 6.40. The quantitative estimate of drug-likeness (QED) is 0.854. The average molecular weight is 243 g/mol. The minimum atomic E-state index is -3.03. The number of aryl methyl sites for hydroxylation is 1. The van der Waals surface area contributed by atoms with Crippen molar-refractivity contribution in [1.82, 2.24) is 0 Å². The normalized spacial score (nSPS) is 13.5. The molecular weight excluding hydrogens is 228 g/mol. The Hall–Kier alpha value is -1.49. The zero-order valence-corrected chi connectivity index (χ0v) is 9.71. The van der Waals surface area contributed by atoms with E-state index in [1.807, 2.05) is 0 Å². The van der Waals surface area contributed by atoms with Gasteiger partial charge in [-0.3, -0.25) is 4.79 Å². The van der Waals surface area contributed by atoms with Crippen molar-refractivity contribution in [3.63, 3.8) is 0 Å². The molecule has 0 amide bonds. The number of carboxylic acid groups (broad SMARTS) is 1. The number of carboxylic acids is 1. The van der Waals surface area contributed by atoms with Gasteiger partial charge in [0, 0.05) is 18.5 Å². The summed E-state index contributed by atoms with van der Waals surface area (Å²) >= 11 is 0. The summed E-state index contributed by atoms with van der Waals surface area (Å²) < 4.78 is 26.7. The highest BCUT2D eigenvalue weighted by atomic mass is 19.3. The molecule has 17 heavy (non-hydrogen) atoms. The topological polar surface area (TPSA) is 63.3 Å². The van der Waals surface area contributed by atoms with Crippen LogP contribution in [0.1, 0.15) is 36.1 Å². The maximum Gasteiger partial charge on any atom is 0.305 e. The highest BCUT2D eigenvalue weighted by Gasteiger charge is 2.29. The Morgan fingerprint density at radius 1 is 1.53 bits per heavy atom. The first-order chi connectivity index (χ1) is 7.71. The molecule has 0 saturated heterocycles. The molecule has 0 radical (unpaired) electrons. The predicted octanol–water partition coefficient (Wildman–Crippen LogP) is 2.58. The number of carbonyl (C=O) groups is 1. The molecular formula is C12H15F2NO2. The van der Waals surface area contributed by atoms with E-state index in [0.29, 0.717) is 0 Å². The Bertz CT molecular complexity index is 427. The SMILES string of the molecule is Cc1ccc(C(C)(F)F)c(C(N)CC(=O)O)c1. The fraction of sp³-hybridized carbons (Fsp3) is 0.417. The molecule has 0 heterocycles. The maximum absolute atomic E-state index is 13.3. The number of aliphatic carboxylic acids is 1. The van der Waals surface area contributed by atoms with Crippen LogP contribution >= 0.6 is 0 Å². The summed E-state index contributed by atoms with van der Waals surface area (Å²) in [5.74, 6) is -4.14.